The molecule has 1 aromatic heterocycles. The SMILES string of the molecule is COc1ccc(NC(=O)NCCn2nc(-c3ccc(F)cc3)n(C)c2=O)cc1OC. The lowest BCUT2D eigenvalue weighted by molar-refractivity contribution is 0.251. The Morgan fingerprint density at radius 2 is 1.80 bits per heavy atom. The molecule has 2 amide bonds. The largest absolute Gasteiger partial charge is 0.493 e. The van der Waals surface area contributed by atoms with Gasteiger partial charge in [-0.2, -0.15) is 0 Å². The van der Waals surface area contributed by atoms with Gasteiger partial charge in [-0.3, -0.25) is 4.57 Å². The molecule has 0 radical (unpaired) electrons. The van der Waals surface area contributed by atoms with Crippen molar-refractivity contribution in [3.8, 4) is 22.9 Å². The Kier molecular flexibility index (Phi) is 6.35. The molecular weight excluding hydrogens is 393 g/mol. The van der Waals surface area contributed by atoms with E-state index >= 15 is 0 Å². The van der Waals surface area contributed by atoms with Gasteiger partial charge in [0.25, 0.3) is 0 Å². The lowest BCUT2D eigenvalue weighted by Crippen LogP contribution is -2.34. The number of benzene rings is 2. The topological polar surface area (TPSA) is 99.4 Å². The molecule has 9 nitrogen and oxygen atoms in total. The van der Waals surface area contributed by atoms with E-state index in [4.69, 9.17) is 9.47 Å². The summed E-state index contributed by atoms with van der Waals surface area (Å²) in [4.78, 5) is 24.5. The number of hydrogen-bond acceptors (Lipinski definition) is 5. The van der Waals surface area contributed by atoms with Crippen molar-refractivity contribution in [1.82, 2.24) is 19.7 Å². The number of anilines is 1. The van der Waals surface area contributed by atoms with Crippen LogP contribution >= 0.6 is 0 Å². The summed E-state index contributed by atoms with van der Waals surface area (Å²) in [6.07, 6.45) is 0. The van der Waals surface area contributed by atoms with Gasteiger partial charge < -0.3 is 20.1 Å². The summed E-state index contributed by atoms with van der Waals surface area (Å²) in [5, 5.41) is 9.63. The number of hydrogen-bond donors (Lipinski definition) is 2. The molecular formula is C20H22FN5O4. The second-order valence-electron chi connectivity index (χ2n) is 6.35. The highest BCUT2D eigenvalue weighted by molar-refractivity contribution is 5.89. The number of aromatic nitrogens is 3. The molecule has 3 rings (SSSR count). The van der Waals surface area contributed by atoms with Gasteiger partial charge in [-0.1, -0.05) is 0 Å². The third kappa shape index (κ3) is 4.59. The second-order valence-corrected chi connectivity index (χ2v) is 6.35. The average Bonchev–Trinajstić information content (AvgIpc) is 3.03. The Bertz CT molecular complexity index is 1090. The van der Waals surface area contributed by atoms with Gasteiger partial charge in [-0.05, 0) is 36.4 Å². The quantitative estimate of drug-likeness (QED) is 0.617. The minimum Gasteiger partial charge on any atom is -0.493 e. The number of methoxy groups -OCH3 is 2. The first kappa shape index (κ1) is 20.9. The van der Waals surface area contributed by atoms with E-state index in [1.807, 2.05) is 0 Å². The third-order valence-corrected chi connectivity index (χ3v) is 4.39. The van der Waals surface area contributed by atoms with Gasteiger partial charge in [0.2, 0.25) is 0 Å². The predicted octanol–water partition coefficient (Wildman–Crippen LogP) is 2.23. The fourth-order valence-corrected chi connectivity index (χ4v) is 2.85. The molecule has 0 bridgehead atoms. The van der Waals surface area contributed by atoms with Gasteiger partial charge in [0.1, 0.15) is 5.82 Å². The molecule has 0 saturated heterocycles. The van der Waals surface area contributed by atoms with Crippen molar-refractivity contribution in [2.75, 3.05) is 26.1 Å². The van der Waals surface area contributed by atoms with Gasteiger partial charge in [-0.25, -0.2) is 18.7 Å². The first-order chi connectivity index (χ1) is 14.4. The van der Waals surface area contributed by atoms with E-state index in [1.165, 1.54) is 35.6 Å². The van der Waals surface area contributed by atoms with E-state index in [2.05, 4.69) is 15.7 Å². The normalized spacial score (nSPS) is 10.5. The average molecular weight is 415 g/mol. The van der Waals surface area contributed by atoms with Crippen molar-refractivity contribution in [3.05, 3.63) is 58.8 Å². The van der Waals surface area contributed by atoms with Crippen molar-refractivity contribution >= 4 is 11.7 Å². The highest BCUT2D eigenvalue weighted by atomic mass is 19.1. The number of nitrogens with zero attached hydrogens (tertiary/aromatic N) is 3. The molecule has 158 valence electrons. The fraction of sp³-hybridized carbons (Fsp3) is 0.250. The van der Waals surface area contributed by atoms with Crippen LogP contribution in [0, 0.1) is 5.82 Å². The number of rotatable bonds is 7. The molecule has 0 aliphatic carbocycles. The Morgan fingerprint density at radius 1 is 1.10 bits per heavy atom. The second kappa shape index (κ2) is 9.12. The number of carbonyl (C=O) groups excluding carboxylic acids is 1. The van der Waals surface area contributed by atoms with Crippen LogP contribution in [-0.4, -0.2) is 41.1 Å². The minimum absolute atomic E-state index is 0.174. The Labute approximate surface area is 172 Å². The molecule has 0 saturated carbocycles. The summed E-state index contributed by atoms with van der Waals surface area (Å²) in [5.41, 5.74) is 0.809. The first-order valence-electron chi connectivity index (χ1n) is 9.09. The van der Waals surface area contributed by atoms with Crippen LogP contribution in [0.15, 0.2) is 47.3 Å². The van der Waals surface area contributed by atoms with Crippen molar-refractivity contribution < 1.29 is 18.7 Å². The predicted molar refractivity (Wildman–Crippen MR) is 109 cm³/mol. The van der Waals surface area contributed by atoms with E-state index in [0.29, 0.717) is 28.6 Å². The summed E-state index contributed by atoms with van der Waals surface area (Å²) in [6, 6.07) is 10.3. The number of urea groups is 1. The van der Waals surface area contributed by atoms with Crippen LogP contribution in [0.5, 0.6) is 11.5 Å². The molecule has 3 aromatic rings. The summed E-state index contributed by atoms with van der Waals surface area (Å²) in [7, 11) is 4.62. The van der Waals surface area contributed by atoms with Gasteiger partial charge in [0, 0.05) is 30.9 Å². The van der Waals surface area contributed by atoms with Crippen molar-refractivity contribution in [1.29, 1.82) is 0 Å². The zero-order valence-corrected chi connectivity index (χ0v) is 16.8. The van der Waals surface area contributed by atoms with E-state index < -0.39 is 6.03 Å². The van der Waals surface area contributed by atoms with Crippen LogP contribution in [0.1, 0.15) is 0 Å². The summed E-state index contributed by atoms with van der Waals surface area (Å²) in [6.45, 7) is 0.353. The molecule has 0 unspecified atom stereocenters. The number of halogens is 1. The summed E-state index contributed by atoms with van der Waals surface area (Å²) < 4.78 is 26.1. The van der Waals surface area contributed by atoms with E-state index in [9.17, 15) is 14.0 Å². The summed E-state index contributed by atoms with van der Waals surface area (Å²) in [5.74, 6) is 1.08. The number of amides is 2. The van der Waals surface area contributed by atoms with Crippen LogP contribution in [-0.2, 0) is 13.6 Å². The monoisotopic (exact) mass is 415 g/mol. The number of carbonyl (C=O) groups is 1. The van der Waals surface area contributed by atoms with Crippen molar-refractivity contribution in [2.45, 2.75) is 6.54 Å². The molecule has 0 aliphatic rings. The highest BCUT2D eigenvalue weighted by Crippen LogP contribution is 2.29. The van der Waals surface area contributed by atoms with E-state index in [1.54, 1.807) is 37.4 Å². The van der Waals surface area contributed by atoms with Gasteiger partial charge in [-0.15, -0.1) is 5.10 Å². The first-order valence-corrected chi connectivity index (χ1v) is 9.09. The highest BCUT2D eigenvalue weighted by Gasteiger charge is 2.13. The third-order valence-electron chi connectivity index (χ3n) is 4.39. The smallest absolute Gasteiger partial charge is 0.345 e. The molecule has 0 fully saturated rings. The van der Waals surface area contributed by atoms with Crippen LogP contribution in [0.4, 0.5) is 14.9 Å². The van der Waals surface area contributed by atoms with Crippen LogP contribution < -0.4 is 25.8 Å². The molecule has 30 heavy (non-hydrogen) atoms. The Morgan fingerprint density at radius 3 is 2.47 bits per heavy atom. The molecule has 0 spiro atoms. The molecule has 0 atom stereocenters. The van der Waals surface area contributed by atoms with Crippen LogP contribution in [0.2, 0.25) is 0 Å². The zero-order valence-electron chi connectivity index (χ0n) is 16.8. The van der Waals surface area contributed by atoms with E-state index in [-0.39, 0.29) is 24.6 Å². The summed E-state index contributed by atoms with van der Waals surface area (Å²) >= 11 is 0. The molecule has 2 aromatic carbocycles. The maximum Gasteiger partial charge on any atom is 0.345 e. The maximum absolute atomic E-state index is 13.1. The fourth-order valence-electron chi connectivity index (χ4n) is 2.85. The standard InChI is InChI=1S/C20H22FN5O4/c1-25-18(13-4-6-14(21)7-5-13)24-26(20(25)28)11-10-22-19(27)23-15-8-9-16(29-2)17(12-15)30-3/h4-9,12H,10-11H2,1-3H3,(H2,22,23,27). The molecule has 1 heterocycles. The lowest BCUT2D eigenvalue weighted by atomic mass is 10.2. The minimum atomic E-state index is -0.440. The molecule has 10 heteroatoms. The van der Waals surface area contributed by atoms with Gasteiger partial charge in [0.05, 0.1) is 20.8 Å². The van der Waals surface area contributed by atoms with Crippen molar-refractivity contribution in [3.63, 3.8) is 0 Å². The number of ether oxygens (including phenoxy) is 2. The Balaban J connectivity index is 1.60. The van der Waals surface area contributed by atoms with Crippen molar-refractivity contribution in [2.24, 2.45) is 7.05 Å². The molecule has 2 N–H and O–H groups in total. The van der Waals surface area contributed by atoms with Crippen LogP contribution in [0.3, 0.4) is 0 Å². The van der Waals surface area contributed by atoms with E-state index in [0.717, 1.165) is 0 Å². The van der Waals surface area contributed by atoms with Gasteiger partial charge in [0.15, 0.2) is 17.3 Å². The van der Waals surface area contributed by atoms with Crippen LogP contribution in [0.25, 0.3) is 11.4 Å². The number of nitrogens with one attached hydrogen (secondary N) is 2. The molecule has 0 aliphatic heterocycles. The zero-order chi connectivity index (χ0) is 21.7. The lowest BCUT2D eigenvalue weighted by Gasteiger charge is -2.11. The Hall–Kier alpha value is -3.82. The van der Waals surface area contributed by atoms with Gasteiger partial charge >= 0.3 is 11.7 Å². The maximum atomic E-state index is 13.1.